The number of anilines is 1. The van der Waals surface area contributed by atoms with Crippen LogP contribution in [-0.4, -0.2) is 7.05 Å². The molecule has 0 saturated carbocycles. The van der Waals surface area contributed by atoms with Crippen LogP contribution in [0.3, 0.4) is 0 Å². The quantitative estimate of drug-likeness (QED) is 0.144. The highest BCUT2D eigenvalue weighted by Crippen LogP contribution is 2.61. The predicted octanol–water partition coefficient (Wildman–Crippen LogP) is 8.84. The molecule has 0 heterocycles. The third kappa shape index (κ3) is 5.66. The van der Waals surface area contributed by atoms with Gasteiger partial charge in [-0.2, -0.15) is 0 Å². The lowest BCUT2D eigenvalue weighted by Crippen LogP contribution is -2.41. The van der Waals surface area contributed by atoms with Crippen molar-refractivity contribution in [3.63, 3.8) is 0 Å². The molecule has 0 radical (unpaired) electrons. The Bertz CT molecular complexity index is 1890. The maximum atomic E-state index is 6.00. The number of para-hydroxylation sites is 1. The Morgan fingerprint density at radius 3 is 1.04 bits per heavy atom. The molecule has 7 aromatic rings. The molecule has 0 aliphatic heterocycles. The first kappa shape index (κ1) is 30.6. The van der Waals surface area contributed by atoms with E-state index in [1.54, 1.807) is 0 Å². The molecule has 0 aliphatic carbocycles. The van der Waals surface area contributed by atoms with E-state index in [1.807, 2.05) is 0 Å². The van der Waals surface area contributed by atoms with E-state index in [9.17, 15) is 0 Å². The third-order valence-electron chi connectivity index (χ3n) is 8.72. The zero-order valence-corrected chi connectivity index (χ0v) is 28.2. The van der Waals surface area contributed by atoms with Crippen molar-refractivity contribution in [3.8, 4) is 0 Å². The highest BCUT2D eigenvalue weighted by atomic mass is 31.2. The van der Waals surface area contributed by atoms with Gasteiger partial charge in [-0.1, -0.05) is 158 Å². The van der Waals surface area contributed by atoms with Crippen LogP contribution in [-0.2, 0) is 0 Å². The summed E-state index contributed by atoms with van der Waals surface area (Å²) in [5.41, 5.74) is 2.08. The molecule has 0 aromatic heterocycles. The van der Waals surface area contributed by atoms with E-state index in [0.29, 0.717) is 0 Å². The summed E-state index contributed by atoms with van der Waals surface area (Å²) in [5.74, 6) is 0. The molecule has 7 aromatic carbocycles. The van der Waals surface area contributed by atoms with Crippen molar-refractivity contribution in [3.05, 3.63) is 206 Å². The Morgan fingerprint density at radius 2 is 0.681 bits per heavy atom. The first-order valence-electron chi connectivity index (χ1n) is 15.9. The Hall–Kier alpha value is -5.00. The summed E-state index contributed by atoms with van der Waals surface area (Å²) in [5, 5.41) is 7.57. The van der Waals surface area contributed by atoms with Crippen LogP contribution in [0.25, 0.3) is 0 Å². The van der Waals surface area contributed by atoms with Gasteiger partial charge in [-0.15, -0.1) is 0 Å². The Labute approximate surface area is 279 Å². The minimum atomic E-state index is -2.50. The number of hydrogen-bond donors (Lipinski definition) is 0. The largest absolute Gasteiger partial charge is 0.252 e. The number of nitrogens with zero attached hydrogens (tertiary/aromatic N) is 2. The van der Waals surface area contributed by atoms with Gasteiger partial charge in [-0.25, -0.2) is 4.67 Å². The van der Waals surface area contributed by atoms with E-state index in [2.05, 4.69) is 218 Å². The molecule has 0 unspecified atom stereocenters. The van der Waals surface area contributed by atoms with Gasteiger partial charge in [-0.05, 0) is 48.5 Å². The Balaban J connectivity index is 1.57. The molecule has 228 valence electrons. The monoisotopic (exact) mass is 643 g/mol. The van der Waals surface area contributed by atoms with Gasteiger partial charge in [0.2, 0.25) is 7.41 Å². The van der Waals surface area contributed by atoms with Crippen LogP contribution in [0, 0.1) is 0 Å². The second-order valence-corrected chi connectivity index (χ2v) is 17.8. The van der Waals surface area contributed by atoms with Gasteiger partial charge in [0.15, 0.2) is 0 Å². The molecular weight excluding hydrogens is 606 g/mol. The van der Waals surface area contributed by atoms with Gasteiger partial charge in [0.25, 0.3) is 0 Å². The summed E-state index contributed by atoms with van der Waals surface area (Å²) in [6.45, 7) is 0. The van der Waals surface area contributed by atoms with Gasteiger partial charge in [0.1, 0.15) is 15.9 Å². The van der Waals surface area contributed by atoms with E-state index in [-0.39, 0.29) is 0 Å². The van der Waals surface area contributed by atoms with Crippen LogP contribution in [0.4, 0.5) is 11.4 Å². The fourth-order valence-electron chi connectivity index (χ4n) is 6.60. The fraction of sp³-hybridized carbons (Fsp3) is 0.0233. The van der Waals surface area contributed by atoms with E-state index < -0.39 is 14.5 Å². The second kappa shape index (κ2) is 13.8. The molecule has 0 amide bonds. The van der Waals surface area contributed by atoms with Gasteiger partial charge in [0, 0.05) is 23.0 Å². The van der Waals surface area contributed by atoms with Gasteiger partial charge < -0.3 is 0 Å². The highest BCUT2D eigenvalue weighted by Gasteiger charge is 2.51. The van der Waals surface area contributed by atoms with Crippen molar-refractivity contribution in [2.45, 2.75) is 0 Å². The molecule has 47 heavy (non-hydrogen) atoms. The molecule has 4 heteroatoms. The molecule has 2 nitrogen and oxygen atoms in total. The van der Waals surface area contributed by atoms with E-state index in [4.69, 9.17) is 4.74 Å². The summed E-state index contributed by atoms with van der Waals surface area (Å²) in [6.07, 6.45) is 0. The van der Waals surface area contributed by atoms with Crippen LogP contribution < -0.4 is 36.5 Å². The van der Waals surface area contributed by atoms with Crippen LogP contribution in [0.5, 0.6) is 0 Å². The fourth-order valence-corrected chi connectivity index (χ4v) is 14.4. The lowest BCUT2D eigenvalue weighted by atomic mass is 10.3. The molecular formula is C43H37N2P2+. The zero-order chi connectivity index (χ0) is 31.9. The topological polar surface area (TPSA) is 15.6 Å². The first-order valence-corrected chi connectivity index (χ1v) is 19.4. The SMILES string of the molecule is CN(c1ccccc1N=P(c1ccccc1)(c1ccccc1)c1ccccc1)[P+](c1ccccc1)(c1ccccc1)c1ccccc1. The van der Waals surface area contributed by atoms with Crippen molar-refractivity contribution in [1.82, 2.24) is 0 Å². The maximum Gasteiger partial charge on any atom is 0.202 e. The lowest BCUT2D eigenvalue weighted by molar-refractivity contribution is 1.32. The van der Waals surface area contributed by atoms with Crippen LogP contribution in [0.15, 0.2) is 211 Å². The first-order chi connectivity index (χ1) is 23.2. The van der Waals surface area contributed by atoms with Crippen molar-refractivity contribution >= 4 is 57.7 Å². The minimum Gasteiger partial charge on any atom is -0.252 e. The molecule has 0 aliphatic rings. The molecule has 0 fully saturated rings. The molecule has 0 spiro atoms. The summed E-state index contributed by atoms with van der Waals surface area (Å²) in [6, 6.07) is 74.4. The Kier molecular flexibility index (Phi) is 8.98. The average molecular weight is 644 g/mol. The standard InChI is InChI=1S/C43H37N2P2/c1-45(47(39-28-14-5-15-29-39,40-30-16-6-17-31-40)41-32-18-7-19-33-41)43-35-21-20-34-42(43)44-46(36-22-8-2-9-23-36,37-24-10-3-11-25-37)38-26-12-4-13-27-38/h2-35H,1H3/q+1. The smallest absolute Gasteiger partial charge is 0.202 e. The number of rotatable bonds is 9. The molecule has 0 N–H and O–H groups in total. The molecule has 0 atom stereocenters. The van der Waals surface area contributed by atoms with Crippen LogP contribution >= 0.6 is 14.5 Å². The second-order valence-electron chi connectivity index (χ2n) is 11.4. The summed E-state index contributed by atoms with van der Waals surface area (Å²) in [7, 11) is -2.62. The predicted molar refractivity (Wildman–Crippen MR) is 207 cm³/mol. The van der Waals surface area contributed by atoms with Crippen molar-refractivity contribution < 1.29 is 0 Å². The maximum absolute atomic E-state index is 6.00. The summed E-state index contributed by atoms with van der Waals surface area (Å²) in [4.78, 5) is 0. The van der Waals surface area contributed by atoms with Crippen LogP contribution in [0.2, 0.25) is 0 Å². The van der Waals surface area contributed by atoms with E-state index >= 15 is 0 Å². The average Bonchev–Trinajstić information content (AvgIpc) is 3.17. The van der Waals surface area contributed by atoms with Gasteiger partial charge >= 0.3 is 0 Å². The summed E-state index contributed by atoms with van der Waals surface area (Å²) < 4.78 is 8.55. The van der Waals surface area contributed by atoms with E-state index in [1.165, 1.54) is 31.8 Å². The van der Waals surface area contributed by atoms with Crippen molar-refractivity contribution in [1.29, 1.82) is 0 Å². The van der Waals surface area contributed by atoms with E-state index in [0.717, 1.165) is 11.4 Å². The number of hydrogen-bond acceptors (Lipinski definition) is 2. The van der Waals surface area contributed by atoms with Gasteiger partial charge in [-0.3, -0.25) is 4.74 Å². The minimum absolute atomic E-state index is 0.979. The van der Waals surface area contributed by atoms with Crippen molar-refractivity contribution in [2.75, 3.05) is 11.7 Å². The summed E-state index contributed by atoms with van der Waals surface area (Å²) >= 11 is 0. The molecule has 7 rings (SSSR count). The zero-order valence-electron chi connectivity index (χ0n) is 26.4. The normalized spacial score (nSPS) is 11.5. The van der Waals surface area contributed by atoms with Gasteiger partial charge in [0.05, 0.1) is 18.4 Å². The van der Waals surface area contributed by atoms with Crippen LogP contribution in [0.1, 0.15) is 0 Å². The Morgan fingerprint density at radius 1 is 0.383 bits per heavy atom. The number of benzene rings is 7. The third-order valence-corrected chi connectivity index (χ3v) is 16.6. The molecule has 0 bridgehead atoms. The lowest BCUT2D eigenvalue weighted by Gasteiger charge is -2.36. The van der Waals surface area contributed by atoms with Crippen molar-refractivity contribution in [2.24, 2.45) is 4.74 Å². The molecule has 0 saturated heterocycles. The highest BCUT2D eigenvalue weighted by molar-refractivity contribution is 7.97.